The minimum Gasteiger partial charge on any atom is -0.393 e. The summed E-state index contributed by atoms with van der Waals surface area (Å²) in [5.74, 6) is -0.760. The van der Waals surface area contributed by atoms with Crippen LogP contribution < -0.4 is 11.1 Å². The third kappa shape index (κ3) is 4.05. The van der Waals surface area contributed by atoms with E-state index >= 15 is 0 Å². The van der Waals surface area contributed by atoms with Gasteiger partial charge in [0.05, 0.1) is 9.46 Å². The van der Waals surface area contributed by atoms with Crippen LogP contribution in [0.2, 0.25) is 0 Å². The van der Waals surface area contributed by atoms with E-state index in [0.29, 0.717) is 17.1 Å². The molecular weight excluding hydrogens is 307 g/mol. The second-order valence-electron chi connectivity index (χ2n) is 3.64. The number of carbonyl (C=O) groups excluding carboxylic acids is 1. The van der Waals surface area contributed by atoms with Gasteiger partial charge in [0.2, 0.25) is 0 Å². The van der Waals surface area contributed by atoms with Gasteiger partial charge in [-0.1, -0.05) is 19.1 Å². The maximum atomic E-state index is 13.0. The average molecular weight is 319 g/mol. The second kappa shape index (κ2) is 6.07. The molecule has 0 heterocycles. The van der Waals surface area contributed by atoms with E-state index in [2.05, 4.69) is 21.2 Å². The van der Waals surface area contributed by atoms with E-state index in [-0.39, 0.29) is 16.3 Å². The maximum absolute atomic E-state index is 13.0. The Morgan fingerprint density at radius 1 is 1.65 bits per heavy atom. The second-order valence-corrected chi connectivity index (χ2v) is 4.97. The molecule has 1 aromatic rings. The molecule has 1 unspecified atom stereocenters. The lowest BCUT2D eigenvalue weighted by molar-refractivity contribution is 0.0951. The van der Waals surface area contributed by atoms with Crippen molar-refractivity contribution in [2.45, 2.75) is 6.92 Å². The van der Waals surface area contributed by atoms with Crippen molar-refractivity contribution in [2.24, 2.45) is 11.7 Å². The van der Waals surface area contributed by atoms with E-state index in [1.165, 1.54) is 18.2 Å². The molecule has 17 heavy (non-hydrogen) atoms. The molecule has 0 aliphatic carbocycles. The van der Waals surface area contributed by atoms with E-state index < -0.39 is 5.82 Å². The van der Waals surface area contributed by atoms with Crippen LogP contribution in [0.25, 0.3) is 0 Å². The zero-order valence-corrected chi connectivity index (χ0v) is 11.6. The molecule has 3 N–H and O–H groups in total. The number of amides is 1. The van der Waals surface area contributed by atoms with Gasteiger partial charge in [0.1, 0.15) is 5.82 Å². The van der Waals surface area contributed by atoms with Gasteiger partial charge >= 0.3 is 0 Å². The summed E-state index contributed by atoms with van der Waals surface area (Å²) < 4.78 is 13.2. The van der Waals surface area contributed by atoms with Crippen LogP contribution in [0.5, 0.6) is 0 Å². The molecule has 0 aliphatic heterocycles. The molecule has 0 spiro atoms. The standard InChI is InChI=1S/C11H12BrFN2OS/c1-6(10(14)17)5-15-11(16)7-2-3-9(13)8(12)4-7/h2-4,6H,5H2,1H3,(H2,14,17)(H,15,16). The predicted molar refractivity (Wildman–Crippen MR) is 72.4 cm³/mol. The van der Waals surface area contributed by atoms with Crippen LogP contribution in [0.1, 0.15) is 17.3 Å². The van der Waals surface area contributed by atoms with Crippen molar-refractivity contribution in [3.05, 3.63) is 34.1 Å². The number of benzene rings is 1. The lowest BCUT2D eigenvalue weighted by atomic mass is 10.1. The molecular formula is C11H12BrFN2OS. The summed E-state index contributed by atoms with van der Waals surface area (Å²) in [6.45, 7) is 2.19. The summed E-state index contributed by atoms with van der Waals surface area (Å²) in [6.07, 6.45) is 0. The number of nitrogens with one attached hydrogen (secondary N) is 1. The highest BCUT2D eigenvalue weighted by Crippen LogP contribution is 2.16. The van der Waals surface area contributed by atoms with Crippen molar-refractivity contribution >= 4 is 39.0 Å². The molecule has 0 saturated heterocycles. The number of carbonyl (C=O) groups is 1. The lowest BCUT2D eigenvalue weighted by Crippen LogP contribution is -2.33. The minimum absolute atomic E-state index is 0.0714. The largest absolute Gasteiger partial charge is 0.393 e. The quantitative estimate of drug-likeness (QED) is 0.837. The van der Waals surface area contributed by atoms with Gasteiger partial charge in [-0.05, 0) is 34.1 Å². The van der Waals surface area contributed by atoms with Gasteiger partial charge in [-0.25, -0.2) is 4.39 Å². The van der Waals surface area contributed by atoms with E-state index in [0.717, 1.165) is 0 Å². The van der Waals surface area contributed by atoms with Gasteiger partial charge < -0.3 is 11.1 Å². The first-order chi connectivity index (χ1) is 7.91. The molecule has 6 heteroatoms. The van der Waals surface area contributed by atoms with Gasteiger partial charge in [-0.2, -0.15) is 0 Å². The molecule has 0 radical (unpaired) electrons. The Kier molecular flexibility index (Phi) is 5.02. The van der Waals surface area contributed by atoms with E-state index in [4.69, 9.17) is 18.0 Å². The summed E-state index contributed by atoms with van der Waals surface area (Å²) in [6, 6.07) is 4.08. The van der Waals surface area contributed by atoms with Crippen LogP contribution in [0.4, 0.5) is 4.39 Å². The van der Waals surface area contributed by atoms with E-state index in [1.54, 1.807) is 0 Å². The van der Waals surface area contributed by atoms with Gasteiger partial charge in [0.25, 0.3) is 5.91 Å². The topological polar surface area (TPSA) is 55.1 Å². The van der Waals surface area contributed by atoms with Gasteiger partial charge in [0, 0.05) is 18.0 Å². The molecule has 92 valence electrons. The van der Waals surface area contributed by atoms with Crippen molar-refractivity contribution in [3.63, 3.8) is 0 Å². The molecule has 0 aromatic heterocycles. The summed E-state index contributed by atoms with van der Waals surface area (Å²) in [4.78, 5) is 12.0. The van der Waals surface area contributed by atoms with Crippen LogP contribution in [0.15, 0.2) is 22.7 Å². The maximum Gasteiger partial charge on any atom is 0.251 e. The Morgan fingerprint density at radius 3 is 2.82 bits per heavy atom. The van der Waals surface area contributed by atoms with E-state index in [9.17, 15) is 9.18 Å². The molecule has 0 saturated carbocycles. The molecule has 1 amide bonds. The fraction of sp³-hybridized carbons (Fsp3) is 0.273. The molecule has 0 bridgehead atoms. The Labute approximate surface area is 113 Å². The van der Waals surface area contributed by atoms with E-state index in [1.807, 2.05) is 6.92 Å². The summed E-state index contributed by atoms with van der Waals surface area (Å²) in [5, 5.41) is 2.68. The number of halogens is 2. The van der Waals surface area contributed by atoms with Gasteiger partial charge in [-0.3, -0.25) is 4.79 Å². The van der Waals surface area contributed by atoms with Crippen LogP contribution >= 0.6 is 28.1 Å². The van der Waals surface area contributed by atoms with Crippen molar-refractivity contribution in [1.82, 2.24) is 5.32 Å². The fourth-order valence-corrected chi connectivity index (χ4v) is 1.55. The van der Waals surface area contributed by atoms with Crippen LogP contribution in [-0.4, -0.2) is 17.4 Å². The smallest absolute Gasteiger partial charge is 0.251 e. The van der Waals surface area contributed by atoms with Crippen LogP contribution in [-0.2, 0) is 0 Å². The first-order valence-electron chi connectivity index (χ1n) is 4.94. The predicted octanol–water partition coefficient (Wildman–Crippen LogP) is 2.24. The average Bonchev–Trinajstić information content (AvgIpc) is 2.28. The van der Waals surface area contributed by atoms with Crippen LogP contribution in [0.3, 0.4) is 0 Å². The number of nitrogens with two attached hydrogens (primary N) is 1. The Hall–Kier alpha value is -1.01. The third-order valence-corrected chi connectivity index (χ3v) is 3.25. The molecule has 1 rings (SSSR count). The first-order valence-corrected chi connectivity index (χ1v) is 6.14. The number of hydrogen-bond acceptors (Lipinski definition) is 2. The number of rotatable bonds is 4. The molecule has 3 nitrogen and oxygen atoms in total. The highest BCUT2D eigenvalue weighted by Gasteiger charge is 2.10. The Bertz CT molecular complexity index is 453. The third-order valence-electron chi connectivity index (χ3n) is 2.24. The normalized spacial score (nSPS) is 11.9. The fourth-order valence-electron chi connectivity index (χ4n) is 1.09. The molecule has 0 fully saturated rings. The zero-order chi connectivity index (χ0) is 13.0. The van der Waals surface area contributed by atoms with Crippen molar-refractivity contribution in [1.29, 1.82) is 0 Å². The van der Waals surface area contributed by atoms with Crippen LogP contribution in [0, 0.1) is 11.7 Å². The van der Waals surface area contributed by atoms with Gasteiger partial charge in [0.15, 0.2) is 0 Å². The van der Waals surface area contributed by atoms with Gasteiger partial charge in [-0.15, -0.1) is 0 Å². The van der Waals surface area contributed by atoms with Crippen molar-refractivity contribution in [2.75, 3.05) is 6.54 Å². The summed E-state index contributed by atoms with van der Waals surface area (Å²) in [5.41, 5.74) is 5.81. The highest BCUT2D eigenvalue weighted by molar-refractivity contribution is 9.10. The zero-order valence-electron chi connectivity index (χ0n) is 9.17. The number of thiocarbonyl (C=S) groups is 1. The Balaban J connectivity index is 2.64. The van der Waals surface area contributed by atoms with Crippen molar-refractivity contribution < 1.29 is 9.18 Å². The number of hydrogen-bond donors (Lipinski definition) is 2. The minimum atomic E-state index is -0.405. The molecule has 0 aliphatic rings. The summed E-state index contributed by atoms with van der Waals surface area (Å²) in [7, 11) is 0. The Morgan fingerprint density at radius 2 is 2.29 bits per heavy atom. The van der Waals surface area contributed by atoms with Crippen molar-refractivity contribution in [3.8, 4) is 0 Å². The highest BCUT2D eigenvalue weighted by atomic mass is 79.9. The monoisotopic (exact) mass is 318 g/mol. The SMILES string of the molecule is CC(CNC(=O)c1ccc(F)c(Br)c1)C(N)=S. The molecule has 1 aromatic carbocycles. The molecule has 1 atom stereocenters. The lowest BCUT2D eigenvalue weighted by Gasteiger charge is -2.11. The first kappa shape index (κ1) is 14.1. The summed E-state index contributed by atoms with van der Waals surface area (Å²) >= 11 is 7.82.